The molecular formula is C16H13N5O2S. The fourth-order valence-electron chi connectivity index (χ4n) is 2.68. The van der Waals surface area contributed by atoms with Crippen molar-refractivity contribution in [3.8, 4) is 0 Å². The zero-order valence-electron chi connectivity index (χ0n) is 12.8. The Morgan fingerprint density at radius 3 is 2.88 bits per heavy atom. The zero-order valence-corrected chi connectivity index (χ0v) is 13.6. The number of nitrogens with one attached hydrogen (secondary N) is 1. The summed E-state index contributed by atoms with van der Waals surface area (Å²) in [7, 11) is 0. The van der Waals surface area contributed by atoms with Gasteiger partial charge in [0.05, 0.1) is 0 Å². The van der Waals surface area contributed by atoms with Gasteiger partial charge in [0.25, 0.3) is 5.56 Å². The molecule has 0 saturated heterocycles. The van der Waals surface area contributed by atoms with E-state index in [9.17, 15) is 9.59 Å². The Hall–Kier alpha value is -3.00. The topological polar surface area (TPSA) is 81.3 Å². The molecule has 1 N–H and O–H groups in total. The molecule has 0 spiro atoms. The summed E-state index contributed by atoms with van der Waals surface area (Å²) in [5, 5.41) is 9.99. The lowest BCUT2D eigenvalue weighted by Crippen LogP contribution is -2.31. The van der Waals surface area contributed by atoms with Gasteiger partial charge in [0.1, 0.15) is 22.7 Å². The molecule has 0 unspecified atom stereocenters. The summed E-state index contributed by atoms with van der Waals surface area (Å²) in [6, 6.07) is 7.17. The van der Waals surface area contributed by atoms with Crippen LogP contribution < -0.4 is 10.9 Å². The monoisotopic (exact) mass is 339 g/mol. The first kappa shape index (κ1) is 14.6. The van der Waals surface area contributed by atoms with E-state index >= 15 is 0 Å². The van der Waals surface area contributed by atoms with Crippen LogP contribution in [0, 0.1) is 6.92 Å². The second kappa shape index (κ2) is 5.57. The molecule has 0 aromatic carbocycles. The fourth-order valence-corrected chi connectivity index (χ4v) is 3.62. The molecule has 4 heterocycles. The van der Waals surface area contributed by atoms with Crippen molar-refractivity contribution in [1.82, 2.24) is 19.2 Å². The fraction of sp³-hybridized carbons (Fsp3) is 0.125. The number of fused-ring (bicyclic) bond motifs is 3. The second-order valence-electron chi connectivity index (χ2n) is 5.34. The van der Waals surface area contributed by atoms with Crippen LogP contribution in [0.2, 0.25) is 0 Å². The van der Waals surface area contributed by atoms with Crippen molar-refractivity contribution in [3.63, 3.8) is 0 Å². The Morgan fingerprint density at radius 1 is 1.29 bits per heavy atom. The Morgan fingerprint density at radius 2 is 2.08 bits per heavy atom. The first-order chi connectivity index (χ1) is 11.6. The summed E-state index contributed by atoms with van der Waals surface area (Å²) < 4.78 is 3.03. The molecular weight excluding hydrogens is 326 g/mol. The van der Waals surface area contributed by atoms with Crippen LogP contribution in [-0.4, -0.2) is 25.1 Å². The lowest BCUT2D eigenvalue weighted by molar-refractivity contribution is -0.117. The smallest absolute Gasteiger partial charge is 0.291 e. The van der Waals surface area contributed by atoms with Crippen molar-refractivity contribution in [2.45, 2.75) is 13.5 Å². The van der Waals surface area contributed by atoms with Gasteiger partial charge in [-0.15, -0.1) is 11.3 Å². The highest BCUT2D eigenvalue weighted by atomic mass is 32.1. The van der Waals surface area contributed by atoms with E-state index in [1.807, 2.05) is 28.8 Å². The highest BCUT2D eigenvalue weighted by Crippen LogP contribution is 2.24. The number of hydrogen-bond acceptors (Lipinski definition) is 5. The standard InChI is InChI=1S/C16H13N5O2S/c1-10-19-20(9-14(22)18-12-2-5-17-6-3-12)15(23)13-8-11-4-7-24-16(11)21(10)13/h2-8H,9H2,1H3,(H,17,18,22). The van der Waals surface area contributed by atoms with Crippen molar-refractivity contribution >= 4 is 38.7 Å². The van der Waals surface area contributed by atoms with Gasteiger partial charge >= 0.3 is 0 Å². The number of aromatic nitrogens is 4. The van der Waals surface area contributed by atoms with E-state index in [4.69, 9.17) is 0 Å². The largest absolute Gasteiger partial charge is 0.324 e. The van der Waals surface area contributed by atoms with Gasteiger partial charge in [0.2, 0.25) is 5.91 Å². The molecule has 7 nitrogen and oxygen atoms in total. The summed E-state index contributed by atoms with van der Waals surface area (Å²) in [6.07, 6.45) is 3.17. The van der Waals surface area contributed by atoms with Crippen molar-refractivity contribution in [1.29, 1.82) is 0 Å². The molecule has 0 aliphatic rings. The number of thiophene rings is 1. The summed E-state index contributed by atoms with van der Waals surface area (Å²) in [6.45, 7) is 1.68. The van der Waals surface area contributed by atoms with Crippen LogP contribution in [0.15, 0.2) is 46.8 Å². The zero-order chi connectivity index (χ0) is 16.7. The molecule has 24 heavy (non-hydrogen) atoms. The van der Waals surface area contributed by atoms with Gasteiger partial charge in [0.15, 0.2) is 0 Å². The number of aryl methyl sites for hydroxylation is 1. The average molecular weight is 339 g/mol. The first-order valence-corrected chi connectivity index (χ1v) is 8.18. The van der Waals surface area contributed by atoms with E-state index in [1.54, 1.807) is 35.9 Å². The predicted octanol–water partition coefficient (Wildman–Crippen LogP) is 2.05. The van der Waals surface area contributed by atoms with Crippen LogP contribution in [0.4, 0.5) is 5.69 Å². The van der Waals surface area contributed by atoms with Crippen molar-refractivity contribution < 1.29 is 4.79 Å². The van der Waals surface area contributed by atoms with Crippen LogP contribution in [-0.2, 0) is 11.3 Å². The molecule has 120 valence electrons. The molecule has 0 aliphatic heterocycles. The minimum absolute atomic E-state index is 0.142. The van der Waals surface area contributed by atoms with Crippen LogP contribution in [0.25, 0.3) is 15.7 Å². The number of nitrogens with zero attached hydrogens (tertiary/aromatic N) is 4. The van der Waals surface area contributed by atoms with Crippen molar-refractivity contribution in [3.05, 3.63) is 58.2 Å². The maximum Gasteiger partial charge on any atom is 0.291 e. The highest BCUT2D eigenvalue weighted by molar-refractivity contribution is 7.16. The minimum atomic E-state index is -0.312. The third-order valence-electron chi connectivity index (χ3n) is 3.71. The lowest BCUT2D eigenvalue weighted by atomic mass is 10.4. The predicted molar refractivity (Wildman–Crippen MR) is 92.4 cm³/mol. The van der Waals surface area contributed by atoms with Crippen LogP contribution in [0.1, 0.15) is 5.82 Å². The second-order valence-corrected chi connectivity index (χ2v) is 6.23. The van der Waals surface area contributed by atoms with E-state index < -0.39 is 0 Å². The molecule has 0 bridgehead atoms. The molecule has 0 fully saturated rings. The third kappa shape index (κ3) is 2.37. The Bertz CT molecular complexity index is 1110. The van der Waals surface area contributed by atoms with E-state index in [0.717, 1.165) is 10.2 Å². The van der Waals surface area contributed by atoms with E-state index in [0.29, 0.717) is 17.0 Å². The summed E-state index contributed by atoms with van der Waals surface area (Å²) in [5.74, 6) is 0.353. The van der Waals surface area contributed by atoms with Gasteiger partial charge in [0, 0.05) is 23.5 Å². The maximum absolute atomic E-state index is 12.6. The normalized spacial score (nSPS) is 11.2. The Balaban J connectivity index is 1.70. The molecule has 0 atom stereocenters. The average Bonchev–Trinajstić information content (AvgIpc) is 3.14. The number of carbonyl (C=O) groups excluding carboxylic acids is 1. The number of pyridine rings is 1. The van der Waals surface area contributed by atoms with E-state index in [2.05, 4.69) is 15.4 Å². The molecule has 0 saturated carbocycles. The minimum Gasteiger partial charge on any atom is -0.324 e. The molecule has 4 aromatic heterocycles. The molecule has 0 radical (unpaired) electrons. The number of hydrogen-bond donors (Lipinski definition) is 1. The summed E-state index contributed by atoms with van der Waals surface area (Å²) >= 11 is 1.56. The van der Waals surface area contributed by atoms with Crippen LogP contribution in [0.5, 0.6) is 0 Å². The van der Waals surface area contributed by atoms with Gasteiger partial charge in [-0.3, -0.25) is 19.0 Å². The molecule has 4 aromatic rings. The molecule has 8 heteroatoms. The van der Waals surface area contributed by atoms with E-state index in [1.165, 1.54) is 4.68 Å². The van der Waals surface area contributed by atoms with Gasteiger partial charge in [-0.05, 0) is 36.6 Å². The van der Waals surface area contributed by atoms with Crippen molar-refractivity contribution in [2.24, 2.45) is 0 Å². The van der Waals surface area contributed by atoms with Crippen LogP contribution >= 0.6 is 11.3 Å². The third-order valence-corrected chi connectivity index (χ3v) is 4.62. The summed E-state index contributed by atoms with van der Waals surface area (Å²) in [5.41, 5.74) is 0.874. The highest BCUT2D eigenvalue weighted by Gasteiger charge is 2.14. The maximum atomic E-state index is 12.6. The van der Waals surface area contributed by atoms with Gasteiger partial charge < -0.3 is 5.32 Å². The quantitative estimate of drug-likeness (QED) is 0.619. The number of anilines is 1. The summed E-state index contributed by atoms with van der Waals surface area (Å²) in [4.78, 5) is 29.7. The number of rotatable bonds is 3. The van der Waals surface area contributed by atoms with Crippen molar-refractivity contribution in [2.75, 3.05) is 5.32 Å². The lowest BCUT2D eigenvalue weighted by Gasteiger charge is -2.09. The van der Waals surface area contributed by atoms with Gasteiger partial charge in [-0.2, -0.15) is 5.10 Å². The molecule has 4 rings (SSSR count). The Kier molecular flexibility index (Phi) is 3.39. The number of amides is 1. The first-order valence-electron chi connectivity index (χ1n) is 7.30. The SMILES string of the molecule is Cc1nn(CC(=O)Nc2ccncc2)c(=O)c2cc3ccsc3n12. The molecule has 1 amide bonds. The number of carbonyl (C=O) groups is 1. The molecule has 0 aliphatic carbocycles. The van der Waals surface area contributed by atoms with Crippen LogP contribution in [0.3, 0.4) is 0 Å². The van der Waals surface area contributed by atoms with Gasteiger partial charge in [-0.1, -0.05) is 0 Å². The Labute approximate surface area is 140 Å². The van der Waals surface area contributed by atoms with Gasteiger partial charge in [-0.25, -0.2) is 4.68 Å². The van der Waals surface area contributed by atoms with E-state index in [-0.39, 0.29) is 18.0 Å².